The molecule has 0 amide bonds. The molecule has 0 spiro atoms. The van der Waals surface area contributed by atoms with Gasteiger partial charge in [-0.05, 0) is 49.6 Å². The van der Waals surface area contributed by atoms with Gasteiger partial charge < -0.3 is 10.1 Å². The summed E-state index contributed by atoms with van der Waals surface area (Å²) >= 11 is 3.50. The summed E-state index contributed by atoms with van der Waals surface area (Å²) in [6.07, 6.45) is 5.84. The molecule has 0 aromatic heterocycles. The summed E-state index contributed by atoms with van der Waals surface area (Å²) in [5.74, 6) is 1.09. The predicted octanol–water partition coefficient (Wildman–Crippen LogP) is 3.49. The second-order valence-electron chi connectivity index (χ2n) is 5.36. The second kappa shape index (κ2) is 7.79. The van der Waals surface area contributed by atoms with Crippen molar-refractivity contribution in [3.63, 3.8) is 0 Å². The fraction of sp³-hybridized carbons (Fsp3) is 0.562. The van der Waals surface area contributed by atoms with Gasteiger partial charge in [-0.2, -0.15) is 0 Å². The monoisotopic (exact) mass is 339 g/mol. The van der Waals surface area contributed by atoms with E-state index in [0.717, 1.165) is 28.8 Å². The Morgan fingerprint density at radius 1 is 1.45 bits per heavy atom. The van der Waals surface area contributed by atoms with Crippen LogP contribution < -0.4 is 10.1 Å². The average molecular weight is 340 g/mol. The lowest BCUT2D eigenvalue weighted by Crippen LogP contribution is -2.34. The van der Waals surface area contributed by atoms with Gasteiger partial charge in [-0.1, -0.05) is 22.4 Å². The van der Waals surface area contributed by atoms with Crippen molar-refractivity contribution in [1.29, 1.82) is 0 Å². The number of carbonyl (C=O) groups excluding carboxylic acids is 1. The molecule has 1 N–H and O–H groups in total. The van der Waals surface area contributed by atoms with Gasteiger partial charge in [0.05, 0.1) is 7.11 Å². The number of hydrogen-bond acceptors (Lipinski definition) is 3. The molecule has 1 atom stereocenters. The molecule has 0 saturated carbocycles. The standard InChI is InChI=1S/C16H22BrNO2/c1-20-15-7-8-16(17)12(11-15)10-14(19)6-5-13-4-2-3-9-18-13/h7-8,11,13,18H,2-6,9-10H2,1H3. The molecule has 0 aliphatic carbocycles. The van der Waals surface area contributed by atoms with Crippen LogP contribution in [-0.2, 0) is 11.2 Å². The third-order valence-corrected chi connectivity index (χ3v) is 4.60. The Labute approximate surface area is 129 Å². The normalized spacial score (nSPS) is 18.8. The molecular weight excluding hydrogens is 318 g/mol. The first-order valence-electron chi connectivity index (χ1n) is 7.26. The van der Waals surface area contributed by atoms with Crippen LogP contribution >= 0.6 is 15.9 Å². The maximum atomic E-state index is 12.1. The molecule has 3 nitrogen and oxygen atoms in total. The van der Waals surface area contributed by atoms with Gasteiger partial charge in [0.2, 0.25) is 0 Å². The topological polar surface area (TPSA) is 38.3 Å². The summed E-state index contributed by atoms with van der Waals surface area (Å²) < 4.78 is 6.18. The van der Waals surface area contributed by atoms with Crippen LogP contribution in [0.4, 0.5) is 0 Å². The van der Waals surface area contributed by atoms with E-state index in [1.807, 2.05) is 18.2 Å². The summed E-state index contributed by atoms with van der Waals surface area (Å²) in [7, 11) is 1.64. The zero-order valence-corrected chi connectivity index (χ0v) is 13.5. The first kappa shape index (κ1) is 15.5. The van der Waals surface area contributed by atoms with Crippen molar-refractivity contribution >= 4 is 21.7 Å². The molecule has 1 saturated heterocycles. The molecule has 0 radical (unpaired) electrons. The van der Waals surface area contributed by atoms with Gasteiger partial charge in [-0.25, -0.2) is 0 Å². The number of carbonyl (C=O) groups is 1. The summed E-state index contributed by atoms with van der Waals surface area (Å²) in [6, 6.07) is 6.29. The fourth-order valence-electron chi connectivity index (χ4n) is 2.62. The van der Waals surface area contributed by atoms with Crippen molar-refractivity contribution in [3.8, 4) is 5.75 Å². The van der Waals surface area contributed by atoms with Gasteiger partial charge >= 0.3 is 0 Å². The number of Topliss-reactive ketones (excluding diaryl/α,β-unsaturated/α-hetero) is 1. The SMILES string of the molecule is COc1ccc(Br)c(CC(=O)CCC2CCCCN2)c1. The molecule has 4 heteroatoms. The van der Waals surface area contributed by atoms with E-state index in [2.05, 4.69) is 21.2 Å². The quantitative estimate of drug-likeness (QED) is 0.862. The van der Waals surface area contributed by atoms with Crippen molar-refractivity contribution in [2.75, 3.05) is 13.7 Å². The van der Waals surface area contributed by atoms with Crippen molar-refractivity contribution in [3.05, 3.63) is 28.2 Å². The van der Waals surface area contributed by atoms with Crippen molar-refractivity contribution in [2.24, 2.45) is 0 Å². The van der Waals surface area contributed by atoms with Gasteiger partial charge in [0.1, 0.15) is 11.5 Å². The maximum absolute atomic E-state index is 12.1. The van der Waals surface area contributed by atoms with Gasteiger partial charge in [0, 0.05) is 23.4 Å². The van der Waals surface area contributed by atoms with Crippen LogP contribution in [0.25, 0.3) is 0 Å². The molecule has 110 valence electrons. The largest absolute Gasteiger partial charge is 0.497 e. The molecule has 1 fully saturated rings. The number of benzene rings is 1. The number of methoxy groups -OCH3 is 1. The zero-order chi connectivity index (χ0) is 14.4. The molecule has 1 aliphatic rings. The first-order chi connectivity index (χ1) is 9.69. The number of halogens is 1. The number of piperidine rings is 1. The van der Waals surface area contributed by atoms with Gasteiger partial charge in [0.15, 0.2) is 0 Å². The molecule has 1 heterocycles. The Hall–Kier alpha value is -0.870. The number of nitrogens with one attached hydrogen (secondary N) is 1. The van der Waals surface area contributed by atoms with E-state index in [4.69, 9.17) is 4.74 Å². The summed E-state index contributed by atoms with van der Waals surface area (Å²) in [5.41, 5.74) is 1.01. The van der Waals surface area contributed by atoms with E-state index in [1.54, 1.807) is 7.11 Å². The van der Waals surface area contributed by atoms with E-state index in [0.29, 0.717) is 24.7 Å². The fourth-order valence-corrected chi connectivity index (χ4v) is 3.01. The molecular formula is C16H22BrNO2. The molecule has 1 unspecified atom stereocenters. The minimum atomic E-state index is 0.298. The predicted molar refractivity (Wildman–Crippen MR) is 84.3 cm³/mol. The number of ether oxygens (including phenoxy) is 1. The lowest BCUT2D eigenvalue weighted by atomic mass is 9.97. The summed E-state index contributed by atoms with van der Waals surface area (Å²) in [5, 5.41) is 3.49. The minimum absolute atomic E-state index is 0.298. The van der Waals surface area contributed by atoms with Gasteiger partial charge in [-0.3, -0.25) is 4.79 Å². The molecule has 0 bridgehead atoms. The maximum Gasteiger partial charge on any atom is 0.137 e. The van der Waals surface area contributed by atoms with Crippen LogP contribution in [0.5, 0.6) is 5.75 Å². The highest BCUT2D eigenvalue weighted by atomic mass is 79.9. The second-order valence-corrected chi connectivity index (χ2v) is 6.21. The Kier molecular flexibility index (Phi) is 6.05. The zero-order valence-electron chi connectivity index (χ0n) is 12.0. The van der Waals surface area contributed by atoms with Crippen molar-refractivity contribution < 1.29 is 9.53 Å². The minimum Gasteiger partial charge on any atom is -0.497 e. The van der Waals surface area contributed by atoms with Crippen LogP contribution in [0.2, 0.25) is 0 Å². The highest BCUT2D eigenvalue weighted by Gasteiger charge is 2.15. The summed E-state index contributed by atoms with van der Waals surface area (Å²) in [6.45, 7) is 1.10. The first-order valence-corrected chi connectivity index (χ1v) is 8.06. The van der Waals surface area contributed by atoms with Gasteiger partial charge in [-0.15, -0.1) is 0 Å². The number of rotatable bonds is 6. The van der Waals surface area contributed by atoms with Crippen LogP contribution in [-0.4, -0.2) is 25.5 Å². The average Bonchev–Trinajstić information content (AvgIpc) is 2.48. The summed E-state index contributed by atoms with van der Waals surface area (Å²) in [4.78, 5) is 12.1. The van der Waals surface area contributed by atoms with Crippen molar-refractivity contribution in [1.82, 2.24) is 5.32 Å². The lowest BCUT2D eigenvalue weighted by Gasteiger charge is -2.23. The highest BCUT2D eigenvalue weighted by Crippen LogP contribution is 2.23. The van der Waals surface area contributed by atoms with E-state index >= 15 is 0 Å². The third kappa shape index (κ3) is 4.60. The van der Waals surface area contributed by atoms with Crippen LogP contribution in [0.1, 0.15) is 37.7 Å². The van der Waals surface area contributed by atoms with Crippen LogP contribution in [0.15, 0.2) is 22.7 Å². The van der Waals surface area contributed by atoms with Crippen molar-refractivity contribution in [2.45, 2.75) is 44.6 Å². The molecule has 20 heavy (non-hydrogen) atoms. The van der Waals surface area contributed by atoms with Crippen LogP contribution in [0.3, 0.4) is 0 Å². The van der Waals surface area contributed by atoms with E-state index in [1.165, 1.54) is 19.3 Å². The third-order valence-electron chi connectivity index (χ3n) is 3.82. The molecule has 1 aromatic rings. The molecule has 1 aromatic carbocycles. The molecule has 1 aliphatic heterocycles. The van der Waals surface area contributed by atoms with E-state index in [9.17, 15) is 4.79 Å². The van der Waals surface area contributed by atoms with Crippen LogP contribution in [0, 0.1) is 0 Å². The molecule has 2 rings (SSSR count). The lowest BCUT2D eigenvalue weighted by molar-refractivity contribution is -0.118. The smallest absolute Gasteiger partial charge is 0.137 e. The number of hydrogen-bond donors (Lipinski definition) is 1. The van der Waals surface area contributed by atoms with E-state index in [-0.39, 0.29) is 0 Å². The number of ketones is 1. The Balaban J connectivity index is 1.84. The Morgan fingerprint density at radius 2 is 2.30 bits per heavy atom. The Morgan fingerprint density at radius 3 is 3.00 bits per heavy atom. The van der Waals surface area contributed by atoms with E-state index < -0.39 is 0 Å². The van der Waals surface area contributed by atoms with Gasteiger partial charge in [0.25, 0.3) is 0 Å². The highest BCUT2D eigenvalue weighted by molar-refractivity contribution is 9.10. The Bertz CT molecular complexity index is 456.